The Bertz CT molecular complexity index is 549. The largest absolute Gasteiger partial charge is 0.496 e. The highest BCUT2D eigenvalue weighted by molar-refractivity contribution is 6.30. The number of aromatic nitrogens is 2. The second-order valence-electron chi connectivity index (χ2n) is 3.93. The van der Waals surface area contributed by atoms with E-state index in [1.807, 2.05) is 31.2 Å². The van der Waals surface area contributed by atoms with Gasteiger partial charge >= 0.3 is 0 Å². The average molecular weight is 264 g/mol. The van der Waals surface area contributed by atoms with Crippen LogP contribution in [-0.2, 0) is 6.42 Å². The first-order valence-electron chi connectivity index (χ1n) is 5.52. The third kappa shape index (κ3) is 2.54. The molecule has 0 amide bonds. The average Bonchev–Trinajstić information content (AvgIpc) is 2.34. The molecule has 0 bridgehead atoms. The smallest absolute Gasteiger partial charge is 0.221 e. The van der Waals surface area contributed by atoms with Crippen LogP contribution in [0.4, 0.5) is 5.95 Å². The SMILES string of the molecule is COc1ccccc1Cc1c(C)nc(N)nc1Cl. The third-order valence-electron chi connectivity index (χ3n) is 2.74. The number of benzene rings is 1. The maximum absolute atomic E-state index is 6.11. The topological polar surface area (TPSA) is 61.0 Å². The number of para-hydroxylation sites is 1. The lowest BCUT2D eigenvalue weighted by Crippen LogP contribution is -2.04. The van der Waals surface area contributed by atoms with Crippen LogP contribution in [0.3, 0.4) is 0 Å². The van der Waals surface area contributed by atoms with Gasteiger partial charge in [-0.2, -0.15) is 0 Å². The van der Waals surface area contributed by atoms with Crippen LogP contribution in [0.1, 0.15) is 16.8 Å². The van der Waals surface area contributed by atoms with Gasteiger partial charge < -0.3 is 10.5 Å². The van der Waals surface area contributed by atoms with Crippen LogP contribution < -0.4 is 10.5 Å². The molecule has 0 radical (unpaired) electrons. The number of rotatable bonds is 3. The van der Waals surface area contributed by atoms with Gasteiger partial charge in [-0.15, -0.1) is 0 Å². The summed E-state index contributed by atoms with van der Waals surface area (Å²) < 4.78 is 5.31. The first-order valence-corrected chi connectivity index (χ1v) is 5.90. The minimum absolute atomic E-state index is 0.196. The monoisotopic (exact) mass is 263 g/mol. The Kier molecular flexibility index (Phi) is 3.67. The van der Waals surface area contributed by atoms with Gasteiger partial charge in [-0.1, -0.05) is 29.8 Å². The van der Waals surface area contributed by atoms with Gasteiger partial charge in [-0.25, -0.2) is 9.97 Å². The zero-order valence-electron chi connectivity index (χ0n) is 10.3. The summed E-state index contributed by atoms with van der Waals surface area (Å²) in [4.78, 5) is 8.10. The van der Waals surface area contributed by atoms with Gasteiger partial charge in [0.15, 0.2) is 0 Å². The van der Waals surface area contributed by atoms with Crippen molar-refractivity contribution in [2.45, 2.75) is 13.3 Å². The Morgan fingerprint density at radius 3 is 2.67 bits per heavy atom. The van der Waals surface area contributed by atoms with Crippen LogP contribution in [0.5, 0.6) is 5.75 Å². The maximum atomic E-state index is 6.11. The fourth-order valence-corrected chi connectivity index (χ4v) is 2.11. The lowest BCUT2D eigenvalue weighted by Gasteiger charge is -2.11. The molecular weight excluding hydrogens is 250 g/mol. The molecule has 0 unspecified atom stereocenters. The number of nitrogen functional groups attached to an aromatic ring is 1. The molecule has 5 heteroatoms. The maximum Gasteiger partial charge on any atom is 0.221 e. The van der Waals surface area contributed by atoms with E-state index in [2.05, 4.69) is 9.97 Å². The van der Waals surface area contributed by atoms with E-state index >= 15 is 0 Å². The number of hydrogen-bond acceptors (Lipinski definition) is 4. The van der Waals surface area contributed by atoms with E-state index in [0.717, 1.165) is 22.6 Å². The molecule has 2 aromatic rings. The summed E-state index contributed by atoms with van der Waals surface area (Å²) in [6.45, 7) is 1.87. The first kappa shape index (κ1) is 12.6. The quantitative estimate of drug-likeness (QED) is 0.865. The number of anilines is 1. The molecule has 0 spiro atoms. The van der Waals surface area contributed by atoms with Gasteiger partial charge in [0.2, 0.25) is 5.95 Å². The molecule has 0 atom stereocenters. The van der Waals surface area contributed by atoms with Crippen molar-refractivity contribution < 1.29 is 4.74 Å². The van der Waals surface area contributed by atoms with Crippen molar-refractivity contribution in [3.05, 3.63) is 46.2 Å². The van der Waals surface area contributed by atoms with E-state index in [-0.39, 0.29) is 5.95 Å². The summed E-state index contributed by atoms with van der Waals surface area (Å²) in [6.07, 6.45) is 0.620. The van der Waals surface area contributed by atoms with Crippen molar-refractivity contribution in [3.8, 4) is 5.75 Å². The van der Waals surface area contributed by atoms with E-state index in [4.69, 9.17) is 22.1 Å². The minimum atomic E-state index is 0.196. The van der Waals surface area contributed by atoms with Gasteiger partial charge in [0.1, 0.15) is 10.9 Å². The third-order valence-corrected chi connectivity index (χ3v) is 3.05. The summed E-state index contributed by atoms with van der Waals surface area (Å²) in [5.74, 6) is 1.02. The lowest BCUT2D eigenvalue weighted by atomic mass is 10.0. The number of nitrogens with two attached hydrogens (primary N) is 1. The second kappa shape index (κ2) is 5.23. The van der Waals surface area contributed by atoms with E-state index < -0.39 is 0 Å². The van der Waals surface area contributed by atoms with Crippen LogP contribution in [0.2, 0.25) is 5.15 Å². The van der Waals surface area contributed by atoms with Crippen molar-refractivity contribution >= 4 is 17.5 Å². The molecule has 0 aliphatic heterocycles. The van der Waals surface area contributed by atoms with E-state index in [1.54, 1.807) is 7.11 Å². The molecule has 1 aromatic carbocycles. The van der Waals surface area contributed by atoms with Crippen molar-refractivity contribution in [1.82, 2.24) is 9.97 Å². The molecule has 18 heavy (non-hydrogen) atoms. The number of ether oxygens (including phenoxy) is 1. The number of methoxy groups -OCH3 is 1. The fraction of sp³-hybridized carbons (Fsp3) is 0.231. The Labute approximate surface area is 111 Å². The zero-order chi connectivity index (χ0) is 13.1. The molecule has 0 saturated carbocycles. The van der Waals surface area contributed by atoms with Crippen LogP contribution in [-0.4, -0.2) is 17.1 Å². The van der Waals surface area contributed by atoms with Gasteiger partial charge in [0.05, 0.1) is 7.11 Å². The van der Waals surface area contributed by atoms with Crippen molar-refractivity contribution in [3.63, 3.8) is 0 Å². The zero-order valence-corrected chi connectivity index (χ0v) is 11.0. The highest BCUT2D eigenvalue weighted by Crippen LogP contribution is 2.25. The Morgan fingerprint density at radius 1 is 1.28 bits per heavy atom. The molecule has 1 heterocycles. The van der Waals surface area contributed by atoms with Crippen molar-refractivity contribution in [1.29, 1.82) is 0 Å². The molecule has 2 rings (SSSR count). The van der Waals surface area contributed by atoms with Gasteiger partial charge in [0.25, 0.3) is 0 Å². The van der Waals surface area contributed by atoms with Gasteiger partial charge in [0, 0.05) is 17.7 Å². The van der Waals surface area contributed by atoms with E-state index in [0.29, 0.717) is 11.6 Å². The molecule has 0 aliphatic rings. The lowest BCUT2D eigenvalue weighted by molar-refractivity contribution is 0.410. The summed E-state index contributed by atoms with van der Waals surface area (Å²) in [6, 6.07) is 7.79. The highest BCUT2D eigenvalue weighted by atomic mass is 35.5. The molecule has 4 nitrogen and oxygen atoms in total. The molecule has 0 fully saturated rings. The number of aryl methyl sites for hydroxylation is 1. The molecule has 1 aromatic heterocycles. The number of halogens is 1. The predicted molar refractivity (Wildman–Crippen MR) is 72.0 cm³/mol. The minimum Gasteiger partial charge on any atom is -0.496 e. The summed E-state index contributed by atoms with van der Waals surface area (Å²) in [5.41, 5.74) is 8.25. The normalized spacial score (nSPS) is 10.4. The van der Waals surface area contributed by atoms with Crippen LogP contribution in [0.25, 0.3) is 0 Å². The second-order valence-corrected chi connectivity index (χ2v) is 4.28. The van der Waals surface area contributed by atoms with Crippen LogP contribution in [0, 0.1) is 6.92 Å². The van der Waals surface area contributed by atoms with Crippen molar-refractivity contribution in [2.75, 3.05) is 12.8 Å². The highest BCUT2D eigenvalue weighted by Gasteiger charge is 2.11. The summed E-state index contributed by atoms with van der Waals surface area (Å²) in [5, 5.41) is 0.394. The van der Waals surface area contributed by atoms with Crippen LogP contribution >= 0.6 is 11.6 Å². The van der Waals surface area contributed by atoms with Gasteiger partial charge in [-0.05, 0) is 18.6 Å². The number of nitrogens with zero attached hydrogens (tertiary/aromatic N) is 2. The predicted octanol–water partition coefficient (Wildman–Crippen LogP) is 2.62. The van der Waals surface area contributed by atoms with E-state index in [9.17, 15) is 0 Å². The standard InChI is InChI=1S/C13H14ClN3O/c1-8-10(12(14)17-13(15)16-8)7-9-5-3-4-6-11(9)18-2/h3-6H,7H2,1-2H3,(H2,15,16,17). The molecule has 2 N–H and O–H groups in total. The van der Waals surface area contributed by atoms with Crippen molar-refractivity contribution in [2.24, 2.45) is 0 Å². The molecule has 0 aliphatic carbocycles. The van der Waals surface area contributed by atoms with Gasteiger partial charge in [-0.3, -0.25) is 0 Å². The molecule has 0 saturated heterocycles. The summed E-state index contributed by atoms with van der Waals surface area (Å²) in [7, 11) is 1.65. The molecular formula is C13H14ClN3O. The Balaban J connectivity index is 2.40. The summed E-state index contributed by atoms with van der Waals surface area (Å²) >= 11 is 6.11. The fourth-order valence-electron chi connectivity index (χ4n) is 1.82. The van der Waals surface area contributed by atoms with Crippen LogP contribution in [0.15, 0.2) is 24.3 Å². The Morgan fingerprint density at radius 2 is 2.00 bits per heavy atom. The van der Waals surface area contributed by atoms with E-state index in [1.165, 1.54) is 0 Å². The Hall–Kier alpha value is -1.81. The first-order chi connectivity index (χ1) is 8.61. The molecule has 94 valence electrons. The number of hydrogen-bond donors (Lipinski definition) is 1.